The zero-order valence-corrected chi connectivity index (χ0v) is 7.05. The van der Waals surface area contributed by atoms with Gasteiger partial charge in [0, 0.05) is 6.20 Å². The third-order valence-electron chi connectivity index (χ3n) is 1.47. The van der Waals surface area contributed by atoms with Gasteiger partial charge in [0.2, 0.25) is 0 Å². The van der Waals surface area contributed by atoms with E-state index in [1.165, 1.54) is 0 Å². The Bertz CT molecular complexity index is 438. The average Bonchev–Trinajstić information content (AvgIpc) is 2.06. The quantitative estimate of drug-likeness (QED) is 0.673. The van der Waals surface area contributed by atoms with Crippen LogP contribution in [0.25, 0.3) is 0 Å². The van der Waals surface area contributed by atoms with Crippen molar-refractivity contribution in [3.63, 3.8) is 0 Å². The molecule has 0 aliphatic heterocycles. The molecule has 5 nitrogen and oxygen atoms in total. The molecule has 15 heavy (non-hydrogen) atoms. The van der Waals surface area contributed by atoms with Gasteiger partial charge in [-0.05, 0) is 6.07 Å². The third-order valence-corrected chi connectivity index (χ3v) is 1.47. The minimum atomic E-state index is -4.64. The molecule has 1 amide bonds. The number of aromatic nitrogens is 1. The molecule has 0 bridgehead atoms. The van der Waals surface area contributed by atoms with Gasteiger partial charge in [-0.15, -0.1) is 0 Å². The smallest absolute Gasteiger partial charge is 0.417 e. The molecule has 1 aromatic heterocycles. The number of halogens is 3. The Morgan fingerprint density at radius 2 is 2.07 bits per heavy atom. The standard InChI is InChI=1S/C7H5F3N2O3/c8-7(9,10)3-1-4(12-6(14)15)5(13)11-2-3/h1-2,12H,(H,11,13)(H,14,15). The van der Waals surface area contributed by atoms with E-state index >= 15 is 0 Å². The maximum absolute atomic E-state index is 12.1. The zero-order chi connectivity index (χ0) is 11.6. The molecule has 0 spiro atoms. The lowest BCUT2D eigenvalue weighted by atomic mass is 10.2. The summed E-state index contributed by atoms with van der Waals surface area (Å²) < 4.78 is 36.4. The van der Waals surface area contributed by atoms with E-state index in [2.05, 4.69) is 0 Å². The SMILES string of the molecule is O=C(O)Nc1cc(C(F)(F)F)c[nH]c1=O. The molecule has 3 N–H and O–H groups in total. The van der Waals surface area contributed by atoms with Crippen LogP contribution in [-0.4, -0.2) is 16.2 Å². The Balaban J connectivity index is 3.17. The highest BCUT2D eigenvalue weighted by atomic mass is 19.4. The van der Waals surface area contributed by atoms with Crippen LogP contribution in [0.5, 0.6) is 0 Å². The van der Waals surface area contributed by atoms with Crippen molar-refractivity contribution in [3.05, 3.63) is 28.2 Å². The van der Waals surface area contributed by atoms with Gasteiger partial charge in [0.05, 0.1) is 5.56 Å². The molecule has 0 saturated heterocycles. The van der Waals surface area contributed by atoms with Crippen LogP contribution >= 0.6 is 0 Å². The number of nitrogens with one attached hydrogen (secondary N) is 2. The molecule has 0 radical (unpaired) electrons. The molecular formula is C7H5F3N2O3. The van der Waals surface area contributed by atoms with Crippen molar-refractivity contribution < 1.29 is 23.1 Å². The summed E-state index contributed by atoms with van der Waals surface area (Å²) in [5.41, 5.74) is -2.74. The molecule has 0 aliphatic carbocycles. The van der Waals surface area contributed by atoms with E-state index < -0.39 is 29.1 Å². The Hall–Kier alpha value is -1.99. The average molecular weight is 222 g/mol. The summed E-state index contributed by atoms with van der Waals surface area (Å²) in [6.45, 7) is 0. The molecule has 1 aromatic rings. The second kappa shape index (κ2) is 3.64. The predicted octanol–water partition coefficient (Wildman–Crippen LogP) is 1.48. The van der Waals surface area contributed by atoms with E-state index in [4.69, 9.17) is 5.11 Å². The Morgan fingerprint density at radius 1 is 1.47 bits per heavy atom. The van der Waals surface area contributed by atoms with Crippen LogP contribution in [0.2, 0.25) is 0 Å². The molecule has 0 atom stereocenters. The second-order valence-electron chi connectivity index (χ2n) is 2.56. The fraction of sp³-hybridized carbons (Fsp3) is 0.143. The summed E-state index contributed by atoms with van der Waals surface area (Å²) in [6.07, 6.45) is -5.78. The highest BCUT2D eigenvalue weighted by Crippen LogP contribution is 2.28. The van der Waals surface area contributed by atoms with E-state index in [9.17, 15) is 22.8 Å². The monoisotopic (exact) mass is 222 g/mol. The Morgan fingerprint density at radius 3 is 2.53 bits per heavy atom. The number of carboxylic acid groups (broad SMARTS) is 1. The summed E-state index contributed by atoms with van der Waals surface area (Å²) in [6, 6.07) is 0.424. The van der Waals surface area contributed by atoms with Gasteiger partial charge in [-0.25, -0.2) is 4.79 Å². The van der Waals surface area contributed by atoms with Crippen LogP contribution in [0.15, 0.2) is 17.1 Å². The largest absolute Gasteiger partial charge is 0.465 e. The predicted molar refractivity (Wildman–Crippen MR) is 43.7 cm³/mol. The van der Waals surface area contributed by atoms with E-state index in [1.807, 2.05) is 0 Å². The molecule has 82 valence electrons. The minimum absolute atomic E-state index is 0.424. The first-order valence-electron chi connectivity index (χ1n) is 3.60. The summed E-state index contributed by atoms with van der Waals surface area (Å²) in [4.78, 5) is 22.8. The molecule has 0 aromatic carbocycles. The van der Waals surface area contributed by atoms with E-state index in [0.29, 0.717) is 12.3 Å². The van der Waals surface area contributed by atoms with Gasteiger partial charge in [-0.2, -0.15) is 13.2 Å². The first-order chi connectivity index (χ1) is 6.80. The van der Waals surface area contributed by atoms with Crippen LogP contribution in [0.4, 0.5) is 23.7 Å². The highest BCUT2D eigenvalue weighted by Gasteiger charge is 2.31. The number of hydrogen-bond acceptors (Lipinski definition) is 2. The number of H-pyrrole nitrogens is 1. The van der Waals surface area contributed by atoms with Crippen molar-refractivity contribution in [2.75, 3.05) is 5.32 Å². The van der Waals surface area contributed by atoms with Gasteiger partial charge < -0.3 is 10.1 Å². The summed E-state index contributed by atoms with van der Waals surface area (Å²) in [5, 5.41) is 9.80. The van der Waals surface area contributed by atoms with Crippen LogP contribution in [0.3, 0.4) is 0 Å². The Kier molecular flexibility index (Phi) is 2.69. The van der Waals surface area contributed by atoms with Crippen molar-refractivity contribution in [2.45, 2.75) is 6.18 Å². The van der Waals surface area contributed by atoms with Gasteiger partial charge in [0.15, 0.2) is 0 Å². The first kappa shape index (κ1) is 11.1. The summed E-state index contributed by atoms with van der Waals surface area (Å²) >= 11 is 0. The lowest BCUT2D eigenvalue weighted by Gasteiger charge is -2.07. The highest BCUT2D eigenvalue weighted by molar-refractivity contribution is 5.82. The van der Waals surface area contributed by atoms with Crippen LogP contribution in [0, 0.1) is 0 Å². The van der Waals surface area contributed by atoms with E-state index in [0.717, 1.165) is 0 Å². The third kappa shape index (κ3) is 2.73. The lowest BCUT2D eigenvalue weighted by Crippen LogP contribution is -2.20. The topological polar surface area (TPSA) is 82.2 Å². The van der Waals surface area contributed by atoms with Crippen molar-refractivity contribution in [2.24, 2.45) is 0 Å². The fourth-order valence-corrected chi connectivity index (χ4v) is 0.855. The second-order valence-corrected chi connectivity index (χ2v) is 2.56. The fourth-order valence-electron chi connectivity index (χ4n) is 0.855. The number of hydrogen-bond donors (Lipinski definition) is 3. The van der Waals surface area contributed by atoms with Gasteiger partial charge in [0.1, 0.15) is 5.69 Å². The molecular weight excluding hydrogens is 217 g/mol. The molecule has 0 saturated carbocycles. The van der Waals surface area contributed by atoms with Crippen molar-refractivity contribution >= 4 is 11.8 Å². The number of amides is 1. The molecule has 0 fully saturated rings. The van der Waals surface area contributed by atoms with Gasteiger partial charge in [-0.3, -0.25) is 10.1 Å². The van der Waals surface area contributed by atoms with Crippen LogP contribution < -0.4 is 10.9 Å². The van der Waals surface area contributed by atoms with Gasteiger partial charge in [-0.1, -0.05) is 0 Å². The summed E-state index contributed by atoms with van der Waals surface area (Å²) in [7, 11) is 0. The van der Waals surface area contributed by atoms with Crippen molar-refractivity contribution in [1.82, 2.24) is 4.98 Å². The maximum Gasteiger partial charge on any atom is 0.417 e. The number of rotatable bonds is 1. The maximum atomic E-state index is 12.1. The summed E-state index contributed by atoms with van der Waals surface area (Å²) in [5.74, 6) is 0. The molecule has 1 rings (SSSR count). The lowest BCUT2D eigenvalue weighted by molar-refractivity contribution is -0.137. The Labute approximate surface area is 80.5 Å². The van der Waals surface area contributed by atoms with Crippen LogP contribution in [0.1, 0.15) is 5.56 Å². The number of aromatic amines is 1. The first-order valence-corrected chi connectivity index (χ1v) is 3.60. The van der Waals surface area contributed by atoms with E-state index in [-0.39, 0.29) is 0 Å². The normalized spacial score (nSPS) is 11.1. The van der Waals surface area contributed by atoms with Crippen LogP contribution in [-0.2, 0) is 6.18 Å². The van der Waals surface area contributed by atoms with Gasteiger partial charge >= 0.3 is 12.3 Å². The molecule has 0 aliphatic rings. The molecule has 8 heteroatoms. The van der Waals surface area contributed by atoms with Gasteiger partial charge in [0.25, 0.3) is 5.56 Å². The molecule has 1 heterocycles. The number of anilines is 1. The molecule has 0 unspecified atom stereocenters. The zero-order valence-electron chi connectivity index (χ0n) is 7.05. The van der Waals surface area contributed by atoms with E-state index in [1.54, 1.807) is 10.3 Å². The minimum Gasteiger partial charge on any atom is -0.465 e. The van der Waals surface area contributed by atoms with Crippen molar-refractivity contribution in [3.8, 4) is 0 Å². The number of pyridine rings is 1. The number of alkyl halides is 3. The number of carbonyl (C=O) groups is 1. The van der Waals surface area contributed by atoms with Crippen molar-refractivity contribution in [1.29, 1.82) is 0 Å².